The lowest BCUT2D eigenvalue weighted by Gasteiger charge is -2.34. The van der Waals surface area contributed by atoms with Gasteiger partial charge in [0.05, 0.1) is 17.8 Å². The molecule has 1 unspecified atom stereocenters. The topological polar surface area (TPSA) is 63.4 Å². The summed E-state index contributed by atoms with van der Waals surface area (Å²) in [5, 5.41) is 4.57. The van der Waals surface area contributed by atoms with E-state index in [2.05, 4.69) is 5.10 Å². The molecule has 2 saturated heterocycles. The number of amides is 2. The first kappa shape index (κ1) is 21.5. The molecule has 4 heterocycles. The maximum atomic E-state index is 13.7. The molecule has 1 atom stereocenters. The average Bonchev–Trinajstić information content (AvgIpc) is 3.47. The number of carbonyl (C=O) groups is 2. The number of piperidine rings is 1. The standard InChI is InChI=1S/C26H31N5O2/c32-25(29-16-6-1-2-7-17-29)21-11-10-18-30(20-21)26(33)23-19-27-31(22-12-4-3-5-13-22)24(23)28-14-8-9-15-28/h3-5,8-9,12-15,19,21H,1-2,6-7,10-11,16-18,20H2. The van der Waals surface area contributed by atoms with E-state index in [-0.39, 0.29) is 17.7 Å². The van der Waals surface area contributed by atoms with E-state index >= 15 is 0 Å². The summed E-state index contributed by atoms with van der Waals surface area (Å²) >= 11 is 0. The van der Waals surface area contributed by atoms with Crippen molar-refractivity contribution in [1.29, 1.82) is 0 Å². The molecule has 7 nitrogen and oxygen atoms in total. The highest BCUT2D eigenvalue weighted by molar-refractivity contribution is 5.97. The lowest BCUT2D eigenvalue weighted by atomic mass is 9.96. The molecular formula is C26H31N5O2. The number of carbonyl (C=O) groups excluding carboxylic acids is 2. The molecule has 172 valence electrons. The van der Waals surface area contributed by atoms with Crippen LogP contribution in [0.15, 0.2) is 61.1 Å². The van der Waals surface area contributed by atoms with Crippen LogP contribution in [-0.4, -0.2) is 62.1 Å². The molecule has 3 aromatic rings. The van der Waals surface area contributed by atoms with Crippen molar-refractivity contribution in [3.8, 4) is 11.5 Å². The molecule has 2 aliphatic heterocycles. The minimum absolute atomic E-state index is 0.0609. The van der Waals surface area contributed by atoms with Crippen LogP contribution in [-0.2, 0) is 4.79 Å². The predicted octanol–water partition coefficient (Wildman–Crippen LogP) is 3.92. The Morgan fingerprint density at radius 1 is 0.818 bits per heavy atom. The van der Waals surface area contributed by atoms with Gasteiger partial charge in [0.1, 0.15) is 5.56 Å². The third-order valence-electron chi connectivity index (χ3n) is 6.80. The molecule has 2 amide bonds. The Balaban J connectivity index is 1.40. The maximum Gasteiger partial charge on any atom is 0.259 e. The largest absolute Gasteiger partial charge is 0.342 e. The molecule has 1 aromatic carbocycles. The Kier molecular flexibility index (Phi) is 6.28. The van der Waals surface area contributed by atoms with Crippen LogP contribution in [0.1, 0.15) is 48.9 Å². The summed E-state index contributed by atoms with van der Waals surface area (Å²) in [6.07, 6.45) is 11.8. The summed E-state index contributed by atoms with van der Waals surface area (Å²) in [4.78, 5) is 30.8. The number of benzene rings is 1. The van der Waals surface area contributed by atoms with Gasteiger partial charge in [0, 0.05) is 38.6 Å². The van der Waals surface area contributed by atoms with Crippen LogP contribution < -0.4 is 0 Å². The quantitative estimate of drug-likeness (QED) is 0.612. The Labute approximate surface area is 194 Å². The molecule has 2 fully saturated rings. The van der Waals surface area contributed by atoms with Crippen molar-refractivity contribution in [2.24, 2.45) is 5.92 Å². The molecule has 33 heavy (non-hydrogen) atoms. The molecule has 0 spiro atoms. The van der Waals surface area contributed by atoms with Crippen molar-refractivity contribution in [3.63, 3.8) is 0 Å². The van der Waals surface area contributed by atoms with Crippen LogP contribution in [0.5, 0.6) is 0 Å². The van der Waals surface area contributed by atoms with Gasteiger partial charge in [-0.2, -0.15) is 5.10 Å². The van der Waals surface area contributed by atoms with Gasteiger partial charge in [-0.3, -0.25) is 9.59 Å². The molecule has 0 aliphatic carbocycles. The molecule has 2 aliphatic rings. The first-order chi connectivity index (χ1) is 16.2. The number of para-hydroxylation sites is 1. The van der Waals surface area contributed by atoms with Crippen LogP contribution >= 0.6 is 0 Å². The smallest absolute Gasteiger partial charge is 0.259 e. The number of likely N-dealkylation sites (tertiary alicyclic amines) is 2. The second-order valence-corrected chi connectivity index (χ2v) is 9.05. The van der Waals surface area contributed by atoms with Crippen LogP contribution in [0.3, 0.4) is 0 Å². The normalized spacial score (nSPS) is 19.3. The van der Waals surface area contributed by atoms with Crippen molar-refractivity contribution in [1.82, 2.24) is 24.1 Å². The first-order valence-electron chi connectivity index (χ1n) is 12.1. The lowest BCUT2D eigenvalue weighted by Crippen LogP contribution is -2.47. The fourth-order valence-electron chi connectivity index (χ4n) is 5.06. The van der Waals surface area contributed by atoms with E-state index in [0.717, 1.165) is 50.3 Å². The van der Waals surface area contributed by atoms with E-state index in [0.29, 0.717) is 18.7 Å². The van der Waals surface area contributed by atoms with Gasteiger partial charge in [-0.25, -0.2) is 4.68 Å². The molecule has 5 rings (SSSR count). The van der Waals surface area contributed by atoms with Gasteiger partial charge in [0.2, 0.25) is 5.91 Å². The second-order valence-electron chi connectivity index (χ2n) is 9.05. The van der Waals surface area contributed by atoms with E-state index in [9.17, 15) is 9.59 Å². The summed E-state index contributed by atoms with van der Waals surface area (Å²) < 4.78 is 3.73. The Hall–Kier alpha value is -3.35. The minimum atomic E-state index is -0.111. The van der Waals surface area contributed by atoms with E-state index in [1.165, 1.54) is 12.8 Å². The highest BCUT2D eigenvalue weighted by Gasteiger charge is 2.33. The van der Waals surface area contributed by atoms with Crippen molar-refractivity contribution in [3.05, 3.63) is 66.6 Å². The molecular weight excluding hydrogens is 414 g/mol. The van der Waals surface area contributed by atoms with Crippen molar-refractivity contribution >= 4 is 11.8 Å². The van der Waals surface area contributed by atoms with Gasteiger partial charge in [-0.15, -0.1) is 0 Å². The van der Waals surface area contributed by atoms with Crippen LogP contribution in [0.25, 0.3) is 11.5 Å². The van der Waals surface area contributed by atoms with E-state index in [1.807, 2.05) is 69.2 Å². The van der Waals surface area contributed by atoms with Crippen LogP contribution in [0, 0.1) is 5.92 Å². The van der Waals surface area contributed by atoms with E-state index < -0.39 is 0 Å². The van der Waals surface area contributed by atoms with Gasteiger partial charge in [0.25, 0.3) is 5.91 Å². The first-order valence-corrected chi connectivity index (χ1v) is 12.1. The summed E-state index contributed by atoms with van der Waals surface area (Å²) in [6.45, 7) is 2.86. The SMILES string of the molecule is O=C(c1cnn(-c2ccccc2)c1-n1cccc1)N1CCCC(C(=O)N2CCCCCC2)C1. The fraction of sp³-hybridized carbons (Fsp3) is 0.423. The zero-order valence-corrected chi connectivity index (χ0v) is 19.0. The minimum Gasteiger partial charge on any atom is -0.342 e. The summed E-state index contributed by atoms with van der Waals surface area (Å²) in [6, 6.07) is 13.7. The Morgan fingerprint density at radius 2 is 1.52 bits per heavy atom. The van der Waals surface area contributed by atoms with Crippen LogP contribution in [0.4, 0.5) is 0 Å². The molecule has 0 N–H and O–H groups in total. The van der Waals surface area contributed by atoms with Gasteiger partial charge in [-0.05, 0) is 49.9 Å². The number of rotatable bonds is 4. The molecule has 0 radical (unpaired) electrons. The lowest BCUT2D eigenvalue weighted by molar-refractivity contribution is -0.136. The second kappa shape index (κ2) is 9.65. The zero-order valence-electron chi connectivity index (χ0n) is 19.0. The van der Waals surface area contributed by atoms with Gasteiger partial charge in [-0.1, -0.05) is 31.0 Å². The molecule has 2 aromatic heterocycles. The highest BCUT2D eigenvalue weighted by atomic mass is 16.2. The van der Waals surface area contributed by atoms with E-state index in [1.54, 1.807) is 10.9 Å². The molecule has 0 saturated carbocycles. The number of aromatic nitrogens is 3. The van der Waals surface area contributed by atoms with E-state index in [4.69, 9.17) is 0 Å². The fourth-order valence-corrected chi connectivity index (χ4v) is 5.06. The van der Waals surface area contributed by atoms with Gasteiger partial charge in [0.15, 0.2) is 5.82 Å². The molecule has 7 heteroatoms. The third-order valence-corrected chi connectivity index (χ3v) is 6.80. The monoisotopic (exact) mass is 445 g/mol. The van der Waals surface area contributed by atoms with Gasteiger partial charge >= 0.3 is 0 Å². The summed E-state index contributed by atoms with van der Waals surface area (Å²) in [5.74, 6) is 0.770. The highest BCUT2D eigenvalue weighted by Crippen LogP contribution is 2.26. The zero-order chi connectivity index (χ0) is 22.6. The van der Waals surface area contributed by atoms with Crippen molar-refractivity contribution in [2.75, 3.05) is 26.2 Å². The predicted molar refractivity (Wildman–Crippen MR) is 127 cm³/mol. The average molecular weight is 446 g/mol. The number of hydrogen-bond acceptors (Lipinski definition) is 3. The van der Waals surface area contributed by atoms with Crippen LogP contribution in [0.2, 0.25) is 0 Å². The number of nitrogens with zero attached hydrogens (tertiary/aromatic N) is 5. The maximum absolute atomic E-state index is 13.7. The Morgan fingerprint density at radius 3 is 2.24 bits per heavy atom. The van der Waals surface area contributed by atoms with Gasteiger partial charge < -0.3 is 14.4 Å². The summed E-state index contributed by atoms with van der Waals surface area (Å²) in [5.41, 5.74) is 1.45. The molecule has 0 bridgehead atoms. The van der Waals surface area contributed by atoms with Crippen molar-refractivity contribution in [2.45, 2.75) is 38.5 Å². The summed E-state index contributed by atoms with van der Waals surface area (Å²) in [7, 11) is 0. The van der Waals surface area contributed by atoms with Crippen molar-refractivity contribution < 1.29 is 9.59 Å². The number of hydrogen-bond donors (Lipinski definition) is 0. The third kappa shape index (κ3) is 4.45. The Bertz CT molecular complexity index is 1080.